The van der Waals surface area contributed by atoms with Crippen LogP contribution >= 0.6 is 0 Å². The van der Waals surface area contributed by atoms with Crippen LogP contribution in [0, 0.1) is 0 Å². The third-order valence-corrected chi connectivity index (χ3v) is 2.51. The Morgan fingerprint density at radius 2 is 2.00 bits per heavy atom. The first-order valence-electron chi connectivity index (χ1n) is 5.44. The van der Waals surface area contributed by atoms with Crippen molar-refractivity contribution in [3.63, 3.8) is 0 Å². The molecule has 0 heterocycles. The molecule has 0 aliphatic rings. The molecule has 4 nitrogen and oxygen atoms in total. The van der Waals surface area contributed by atoms with E-state index in [-0.39, 0.29) is 5.91 Å². The van der Waals surface area contributed by atoms with Crippen molar-refractivity contribution >= 4 is 5.91 Å². The second kappa shape index (κ2) is 6.98. The number of rotatable bonds is 6. The molecule has 0 aliphatic heterocycles. The van der Waals surface area contributed by atoms with Gasteiger partial charge in [-0.2, -0.15) is 0 Å². The Labute approximate surface area is 96.4 Å². The summed E-state index contributed by atoms with van der Waals surface area (Å²) in [6.45, 7) is 1.68. The summed E-state index contributed by atoms with van der Waals surface area (Å²) in [5.74, 6) is 4.89. The Morgan fingerprint density at radius 1 is 1.31 bits per heavy atom. The molecule has 0 atom stereocenters. The number of carbonyl (C=O) groups excluding carboxylic acids is 1. The molecule has 0 bridgehead atoms. The lowest BCUT2D eigenvalue weighted by atomic mass is 10.1. The van der Waals surface area contributed by atoms with E-state index >= 15 is 0 Å². The molecule has 0 unspecified atom stereocenters. The number of carbonyl (C=O) groups is 1. The second-order valence-corrected chi connectivity index (χ2v) is 3.86. The van der Waals surface area contributed by atoms with E-state index in [2.05, 4.69) is 22.5 Å². The van der Waals surface area contributed by atoms with E-state index in [1.807, 2.05) is 25.2 Å². The third-order valence-electron chi connectivity index (χ3n) is 2.51. The number of amides is 1. The summed E-state index contributed by atoms with van der Waals surface area (Å²) in [6.07, 6.45) is 1.45. The van der Waals surface area contributed by atoms with Gasteiger partial charge in [0.05, 0.1) is 0 Å². The summed E-state index contributed by atoms with van der Waals surface area (Å²) in [5.41, 5.74) is 3.45. The molecule has 0 fully saturated rings. The Hall–Kier alpha value is -1.39. The third kappa shape index (κ3) is 4.91. The average molecular weight is 221 g/mol. The van der Waals surface area contributed by atoms with Crippen molar-refractivity contribution < 1.29 is 4.79 Å². The van der Waals surface area contributed by atoms with Gasteiger partial charge in [0.25, 0.3) is 0 Å². The molecule has 0 spiro atoms. The minimum absolute atomic E-state index is 0.119. The number of hydrogen-bond acceptors (Lipinski definition) is 3. The largest absolute Gasteiger partial charge is 0.306 e. The van der Waals surface area contributed by atoms with Crippen LogP contribution in [0.1, 0.15) is 12.0 Å². The Kier molecular flexibility index (Phi) is 5.53. The zero-order chi connectivity index (χ0) is 11.8. The van der Waals surface area contributed by atoms with Crippen LogP contribution in [-0.4, -0.2) is 30.9 Å². The highest BCUT2D eigenvalue weighted by Gasteiger charge is 2.02. The summed E-state index contributed by atoms with van der Waals surface area (Å²) >= 11 is 0. The summed E-state index contributed by atoms with van der Waals surface area (Å²) in [5, 5.41) is 0. The molecule has 0 saturated heterocycles. The van der Waals surface area contributed by atoms with E-state index in [9.17, 15) is 4.79 Å². The molecule has 4 heteroatoms. The number of nitrogens with one attached hydrogen (secondary N) is 1. The van der Waals surface area contributed by atoms with E-state index in [1.54, 1.807) is 0 Å². The van der Waals surface area contributed by atoms with Gasteiger partial charge in [0, 0.05) is 19.5 Å². The summed E-state index contributed by atoms with van der Waals surface area (Å²) in [4.78, 5) is 13.1. The molecule has 3 N–H and O–H groups in total. The molecule has 0 saturated carbocycles. The van der Waals surface area contributed by atoms with E-state index in [0.29, 0.717) is 6.42 Å². The molecular weight excluding hydrogens is 202 g/mol. The van der Waals surface area contributed by atoms with Crippen molar-refractivity contribution in [3.8, 4) is 0 Å². The van der Waals surface area contributed by atoms with Gasteiger partial charge < -0.3 is 4.90 Å². The fourth-order valence-corrected chi connectivity index (χ4v) is 1.44. The Bertz CT molecular complexity index is 313. The van der Waals surface area contributed by atoms with Crippen LogP contribution in [0.15, 0.2) is 30.3 Å². The number of benzene rings is 1. The zero-order valence-electron chi connectivity index (χ0n) is 9.65. The van der Waals surface area contributed by atoms with Gasteiger partial charge in [0.1, 0.15) is 0 Å². The molecule has 0 aliphatic carbocycles. The minimum atomic E-state index is -0.119. The fraction of sp³-hybridized carbons (Fsp3) is 0.417. The predicted octanol–water partition coefficient (Wildman–Crippen LogP) is 0.541. The number of nitrogens with zero attached hydrogens (tertiary/aromatic N) is 1. The van der Waals surface area contributed by atoms with Gasteiger partial charge in [0.15, 0.2) is 0 Å². The molecule has 1 rings (SSSR count). The molecule has 1 amide bonds. The maximum absolute atomic E-state index is 10.9. The van der Waals surface area contributed by atoms with Crippen LogP contribution in [0.2, 0.25) is 0 Å². The highest BCUT2D eigenvalue weighted by molar-refractivity contribution is 5.75. The van der Waals surface area contributed by atoms with Gasteiger partial charge in [-0.05, 0) is 19.0 Å². The highest BCUT2D eigenvalue weighted by atomic mass is 16.2. The molecular formula is C12H19N3O. The van der Waals surface area contributed by atoms with Gasteiger partial charge in [-0.3, -0.25) is 10.2 Å². The Balaban J connectivity index is 2.20. The molecule has 0 aromatic heterocycles. The highest BCUT2D eigenvalue weighted by Crippen LogP contribution is 2.00. The van der Waals surface area contributed by atoms with Gasteiger partial charge in [0.2, 0.25) is 5.91 Å². The zero-order valence-corrected chi connectivity index (χ0v) is 9.65. The van der Waals surface area contributed by atoms with E-state index in [0.717, 1.165) is 19.5 Å². The normalized spacial score (nSPS) is 10.4. The fourth-order valence-electron chi connectivity index (χ4n) is 1.44. The Morgan fingerprint density at radius 3 is 2.62 bits per heavy atom. The van der Waals surface area contributed by atoms with E-state index < -0.39 is 0 Å². The van der Waals surface area contributed by atoms with Crippen LogP contribution < -0.4 is 11.3 Å². The lowest BCUT2D eigenvalue weighted by Crippen LogP contribution is -2.33. The molecule has 0 radical (unpaired) electrons. The van der Waals surface area contributed by atoms with Crippen molar-refractivity contribution in [2.24, 2.45) is 5.84 Å². The van der Waals surface area contributed by atoms with Crippen molar-refractivity contribution in [2.75, 3.05) is 20.1 Å². The number of nitrogens with two attached hydrogens (primary N) is 1. The van der Waals surface area contributed by atoms with Crippen LogP contribution in [0.5, 0.6) is 0 Å². The topological polar surface area (TPSA) is 58.4 Å². The monoisotopic (exact) mass is 221 g/mol. The minimum Gasteiger partial charge on any atom is -0.306 e. The van der Waals surface area contributed by atoms with Crippen LogP contribution in [0.3, 0.4) is 0 Å². The van der Waals surface area contributed by atoms with E-state index in [4.69, 9.17) is 5.84 Å². The number of hydrazine groups is 1. The SMILES string of the molecule is CN(CCC(=O)NN)CCc1ccccc1. The molecule has 1 aromatic rings. The number of hydrogen-bond donors (Lipinski definition) is 2. The maximum Gasteiger partial charge on any atom is 0.235 e. The van der Waals surface area contributed by atoms with Crippen LogP contribution in [0.4, 0.5) is 0 Å². The molecule has 16 heavy (non-hydrogen) atoms. The van der Waals surface area contributed by atoms with Gasteiger partial charge >= 0.3 is 0 Å². The second-order valence-electron chi connectivity index (χ2n) is 3.86. The lowest BCUT2D eigenvalue weighted by molar-refractivity contribution is -0.121. The van der Waals surface area contributed by atoms with E-state index in [1.165, 1.54) is 5.56 Å². The smallest absolute Gasteiger partial charge is 0.235 e. The quantitative estimate of drug-likeness (QED) is 0.419. The summed E-state index contributed by atoms with van der Waals surface area (Å²) in [7, 11) is 2.01. The molecule has 88 valence electrons. The predicted molar refractivity (Wildman–Crippen MR) is 64.6 cm³/mol. The number of likely N-dealkylation sites (N-methyl/N-ethyl adjacent to an activating group) is 1. The standard InChI is InChI=1S/C12H19N3O/c1-15(10-8-12(16)14-13)9-7-11-5-3-2-4-6-11/h2-6H,7-10,13H2,1H3,(H,14,16). The van der Waals surface area contributed by atoms with Crippen LogP contribution in [-0.2, 0) is 11.2 Å². The first-order valence-corrected chi connectivity index (χ1v) is 5.44. The summed E-state index contributed by atoms with van der Waals surface area (Å²) < 4.78 is 0. The summed E-state index contributed by atoms with van der Waals surface area (Å²) in [6, 6.07) is 10.3. The molecule has 1 aromatic carbocycles. The first kappa shape index (κ1) is 12.7. The maximum atomic E-state index is 10.9. The average Bonchev–Trinajstić information content (AvgIpc) is 2.34. The first-order chi connectivity index (χ1) is 7.72. The van der Waals surface area contributed by atoms with Crippen molar-refractivity contribution in [1.29, 1.82) is 0 Å². The van der Waals surface area contributed by atoms with Gasteiger partial charge in [-0.25, -0.2) is 5.84 Å². The van der Waals surface area contributed by atoms with Gasteiger partial charge in [-0.1, -0.05) is 30.3 Å². The van der Waals surface area contributed by atoms with Crippen LogP contribution in [0.25, 0.3) is 0 Å². The van der Waals surface area contributed by atoms with Crippen molar-refractivity contribution in [3.05, 3.63) is 35.9 Å². The van der Waals surface area contributed by atoms with Crippen molar-refractivity contribution in [1.82, 2.24) is 10.3 Å². The van der Waals surface area contributed by atoms with Crippen molar-refractivity contribution in [2.45, 2.75) is 12.8 Å². The lowest BCUT2D eigenvalue weighted by Gasteiger charge is -2.15. The van der Waals surface area contributed by atoms with Gasteiger partial charge in [-0.15, -0.1) is 0 Å².